The maximum Gasteiger partial charge on any atom is 0.151 e. The van der Waals surface area contributed by atoms with E-state index in [0.717, 1.165) is 5.56 Å². The van der Waals surface area contributed by atoms with Crippen LogP contribution < -0.4 is 5.73 Å². The van der Waals surface area contributed by atoms with Gasteiger partial charge in [0.05, 0.1) is 11.9 Å². The average molecular weight is 304 g/mol. The number of rotatable bonds is 5. The Morgan fingerprint density at radius 2 is 1.95 bits per heavy atom. The van der Waals surface area contributed by atoms with Crippen LogP contribution in [0.2, 0.25) is 5.02 Å². The normalized spacial score (nSPS) is 30.3. The molecule has 0 unspecified atom stereocenters. The molecule has 0 aliphatic heterocycles. The van der Waals surface area contributed by atoms with Crippen molar-refractivity contribution in [3.8, 4) is 0 Å². The highest BCUT2D eigenvalue weighted by Gasteiger charge is 2.69. The largest absolute Gasteiger partial charge is 0.384 e. The summed E-state index contributed by atoms with van der Waals surface area (Å²) >= 11 is 5.86. The van der Waals surface area contributed by atoms with Crippen molar-refractivity contribution in [3.63, 3.8) is 0 Å². The van der Waals surface area contributed by atoms with Gasteiger partial charge in [0.15, 0.2) is 9.84 Å². The lowest BCUT2D eigenvalue weighted by atomic mass is 10.0. The van der Waals surface area contributed by atoms with Crippen molar-refractivity contribution >= 4 is 21.4 Å². The molecule has 0 aromatic heterocycles. The molecule has 0 radical (unpaired) electrons. The van der Waals surface area contributed by atoms with E-state index < -0.39 is 20.5 Å². The number of hydrogen-bond acceptors (Lipinski definition) is 4. The highest BCUT2D eigenvalue weighted by molar-refractivity contribution is 7.91. The van der Waals surface area contributed by atoms with Crippen molar-refractivity contribution in [1.82, 2.24) is 0 Å². The van der Waals surface area contributed by atoms with Crippen molar-refractivity contribution in [2.45, 2.75) is 11.2 Å². The van der Waals surface area contributed by atoms with Gasteiger partial charge in [-0.2, -0.15) is 0 Å². The van der Waals surface area contributed by atoms with Crippen LogP contribution in [0.4, 0.5) is 0 Å². The second-order valence-corrected chi connectivity index (χ2v) is 7.75. The molecule has 106 valence electrons. The topological polar surface area (TPSA) is 69.4 Å². The summed E-state index contributed by atoms with van der Waals surface area (Å²) < 4.78 is 29.1. The molecule has 1 aliphatic rings. The van der Waals surface area contributed by atoms with E-state index >= 15 is 0 Å². The number of benzene rings is 1. The second kappa shape index (κ2) is 5.05. The molecule has 1 aromatic rings. The monoisotopic (exact) mass is 303 g/mol. The number of sulfone groups is 1. The fraction of sp³-hybridized carbons (Fsp3) is 0.538. The van der Waals surface area contributed by atoms with Crippen LogP contribution in [-0.2, 0) is 14.6 Å². The van der Waals surface area contributed by atoms with Gasteiger partial charge in [-0.15, -0.1) is 0 Å². The maximum absolute atomic E-state index is 12.0. The summed E-state index contributed by atoms with van der Waals surface area (Å²) in [7, 11) is -1.61. The third kappa shape index (κ3) is 2.52. The Kier molecular flexibility index (Phi) is 3.93. The molecule has 1 saturated carbocycles. The maximum atomic E-state index is 12.0. The summed E-state index contributed by atoms with van der Waals surface area (Å²) in [5.74, 6) is -0.121. The van der Waals surface area contributed by atoms with Crippen molar-refractivity contribution in [3.05, 3.63) is 34.9 Å². The molecule has 0 spiro atoms. The number of ether oxygens (including phenoxy) is 1. The first-order chi connectivity index (χ1) is 8.86. The molecule has 0 bridgehead atoms. The lowest BCUT2D eigenvalue weighted by molar-refractivity contribution is 0.142. The fourth-order valence-corrected chi connectivity index (χ4v) is 5.18. The van der Waals surface area contributed by atoms with Crippen LogP contribution in [0.5, 0.6) is 0 Å². The van der Waals surface area contributed by atoms with Crippen LogP contribution in [-0.4, -0.2) is 40.2 Å². The first-order valence-corrected chi connectivity index (χ1v) is 8.33. The van der Waals surface area contributed by atoms with Crippen LogP contribution >= 0.6 is 11.6 Å². The van der Waals surface area contributed by atoms with Gasteiger partial charge in [0, 0.05) is 36.3 Å². The lowest BCUT2D eigenvalue weighted by Gasteiger charge is -2.14. The molecular weight excluding hydrogens is 286 g/mol. The van der Waals surface area contributed by atoms with E-state index in [4.69, 9.17) is 22.1 Å². The van der Waals surface area contributed by atoms with Gasteiger partial charge in [-0.05, 0) is 17.7 Å². The molecule has 2 rings (SSSR count). The average Bonchev–Trinajstić information content (AvgIpc) is 3.00. The van der Waals surface area contributed by atoms with Gasteiger partial charge in [0.1, 0.15) is 0 Å². The minimum Gasteiger partial charge on any atom is -0.384 e. The zero-order valence-electron chi connectivity index (χ0n) is 11.0. The highest BCUT2D eigenvalue weighted by atomic mass is 35.5. The Bertz CT molecular complexity index is 558. The second-order valence-electron chi connectivity index (χ2n) is 5.15. The summed E-state index contributed by atoms with van der Waals surface area (Å²) in [5.41, 5.74) is 6.26. The van der Waals surface area contributed by atoms with E-state index in [2.05, 4.69) is 0 Å². The van der Waals surface area contributed by atoms with Crippen molar-refractivity contribution in [2.75, 3.05) is 26.5 Å². The fourth-order valence-electron chi connectivity index (χ4n) is 3.05. The van der Waals surface area contributed by atoms with E-state index in [0.29, 0.717) is 11.6 Å². The predicted molar refractivity (Wildman–Crippen MR) is 76.2 cm³/mol. The van der Waals surface area contributed by atoms with Gasteiger partial charge in [-0.1, -0.05) is 23.7 Å². The summed E-state index contributed by atoms with van der Waals surface area (Å²) in [6.45, 7) is 0.625. The number of halogens is 1. The Hall–Kier alpha value is -0.620. The molecule has 1 aliphatic carbocycles. The minimum atomic E-state index is -3.17. The van der Waals surface area contributed by atoms with E-state index in [1.807, 2.05) is 12.1 Å². The van der Waals surface area contributed by atoms with Crippen molar-refractivity contribution < 1.29 is 13.2 Å². The Labute approximate surface area is 118 Å². The zero-order chi connectivity index (χ0) is 14.3. The molecule has 1 aromatic carbocycles. The van der Waals surface area contributed by atoms with Gasteiger partial charge in [-0.25, -0.2) is 8.42 Å². The Balaban J connectivity index is 2.40. The van der Waals surface area contributed by atoms with Gasteiger partial charge in [-0.3, -0.25) is 0 Å². The molecule has 0 heterocycles. The van der Waals surface area contributed by atoms with E-state index in [1.165, 1.54) is 6.26 Å². The quantitative estimate of drug-likeness (QED) is 0.893. The minimum absolute atomic E-state index is 0.121. The van der Waals surface area contributed by atoms with Gasteiger partial charge >= 0.3 is 0 Å². The molecule has 3 atom stereocenters. The van der Waals surface area contributed by atoms with E-state index in [1.54, 1.807) is 19.2 Å². The van der Waals surface area contributed by atoms with Crippen molar-refractivity contribution in [2.24, 2.45) is 11.1 Å². The van der Waals surface area contributed by atoms with Crippen LogP contribution in [0, 0.1) is 5.41 Å². The first-order valence-electron chi connectivity index (χ1n) is 6.00. The molecule has 4 nitrogen and oxygen atoms in total. The van der Waals surface area contributed by atoms with Crippen LogP contribution in [0.3, 0.4) is 0 Å². The molecule has 0 amide bonds. The molecule has 1 fully saturated rings. The van der Waals surface area contributed by atoms with Crippen LogP contribution in [0.15, 0.2) is 24.3 Å². The summed E-state index contributed by atoms with van der Waals surface area (Å²) in [6, 6.07) is 7.25. The zero-order valence-corrected chi connectivity index (χ0v) is 12.5. The van der Waals surface area contributed by atoms with Crippen molar-refractivity contribution in [1.29, 1.82) is 0 Å². The van der Waals surface area contributed by atoms with E-state index in [9.17, 15) is 8.42 Å². The number of hydrogen-bond donors (Lipinski definition) is 1. The lowest BCUT2D eigenvalue weighted by Crippen LogP contribution is -2.28. The SMILES string of the molecule is COC[C@@]1(CN)[C@H](S(C)(=O)=O)[C@@H]1c1ccc(Cl)cc1. The molecule has 19 heavy (non-hydrogen) atoms. The smallest absolute Gasteiger partial charge is 0.151 e. The van der Waals surface area contributed by atoms with E-state index in [-0.39, 0.29) is 12.5 Å². The summed E-state index contributed by atoms with van der Waals surface area (Å²) in [6.07, 6.45) is 1.26. The first kappa shape index (κ1) is 14.8. The third-order valence-electron chi connectivity index (χ3n) is 3.86. The third-order valence-corrected chi connectivity index (χ3v) is 5.78. The van der Waals surface area contributed by atoms with Crippen LogP contribution in [0.1, 0.15) is 11.5 Å². The number of nitrogens with two attached hydrogens (primary N) is 1. The Morgan fingerprint density at radius 1 is 1.37 bits per heavy atom. The predicted octanol–water partition coefficient (Wildman–Crippen LogP) is 1.44. The molecule has 2 N–H and O–H groups in total. The Morgan fingerprint density at radius 3 is 2.37 bits per heavy atom. The summed E-state index contributed by atoms with van der Waals surface area (Å²) in [4.78, 5) is 0. The molecule has 0 saturated heterocycles. The summed E-state index contributed by atoms with van der Waals surface area (Å²) in [5, 5.41) is 0.150. The number of methoxy groups -OCH3 is 1. The van der Waals surface area contributed by atoms with Crippen LogP contribution in [0.25, 0.3) is 0 Å². The molecular formula is C13H18ClNO3S. The molecule has 6 heteroatoms. The standard InChI is InChI=1S/C13H18ClNO3S/c1-18-8-13(7-15)11(12(13)19(2,16)17)9-3-5-10(14)6-4-9/h3-6,11-12H,7-8,15H2,1-2H3/t11-,12+,13+/m0/s1. The highest BCUT2D eigenvalue weighted by Crippen LogP contribution is 2.62. The van der Waals surface area contributed by atoms with Gasteiger partial charge in [0.25, 0.3) is 0 Å². The van der Waals surface area contributed by atoms with Gasteiger partial charge < -0.3 is 10.5 Å². The van der Waals surface area contributed by atoms with Gasteiger partial charge in [0.2, 0.25) is 0 Å².